The van der Waals surface area contributed by atoms with Gasteiger partial charge >= 0.3 is 99.3 Å². The molecule has 1 aromatic rings. The number of allylic oxidation sites excluding steroid dienone is 2. The fourth-order valence-electron chi connectivity index (χ4n) is 1.86. The topological polar surface area (TPSA) is 0 Å². The summed E-state index contributed by atoms with van der Waals surface area (Å²) in [6.07, 6.45) is 1.16. The third-order valence-electron chi connectivity index (χ3n) is 2.72. The van der Waals surface area contributed by atoms with Gasteiger partial charge in [0.05, 0.1) is 0 Å². The van der Waals surface area contributed by atoms with Crippen molar-refractivity contribution in [2.75, 3.05) is 0 Å². The van der Waals surface area contributed by atoms with Gasteiger partial charge in [-0.05, 0) is 0 Å². The van der Waals surface area contributed by atoms with Gasteiger partial charge in [0, 0.05) is 0 Å². The van der Waals surface area contributed by atoms with Gasteiger partial charge in [-0.3, -0.25) is 0 Å². The molecule has 0 saturated carbocycles. The maximum absolute atomic E-state index is 3.42. The summed E-state index contributed by atoms with van der Waals surface area (Å²) in [5, 5.41) is 0. The van der Waals surface area contributed by atoms with Crippen LogP contribution >= 0.6 is 5.51 Å². The van der Waals surface area contributed by atoms with Crippen LogP contribution in [0.2, 0.25) is 0 Å². The SMILES string of the molecule is CC1=CP(=[Se])(Cc2ccccc2)C=C1C. The Balaban J connectivity index is 2.25. The first-order chi connectivity index (χ1) is 7.09. The molecule has 0 aromatic heterocycles. The van der Waals surface area contributed by atoms with E-state index in [4.69, 9.17) is 0 Å². The van der Waals surface area contributed by atoms with Gasteiger partial charge in [-0.15, -0.1) is 0 Å². The molecule has 2 rings (SSSR count). The summed E-state index contributed by atoms with van der Waals surface area (Å²) in [5.41, 5.74) is 3.21. The predicted molar refractivity (Wildman–Crippen MR) is 70.3 cm³/mol. The van der Waals surface area contributed by atoms with E-state index >= 15 is 0 Å². The molecule has 0 fully saturated rings. The molecule has 2 heteroatoms. The zero-order valence-electron chi connectivity index (χ0n) is 9.10. The van der Waals surface area contributed by atoms with Gasteiger partial charge in [0.15, 0.2) is 0 Å². The van der Waals surface area contributed by atoms with E-state index in [2.05, 4.69) is 70.9 Å². The zero-order chi connectivity index (χ0) is 10.9. The van der Waals surface area contributed by atoms with Crippen LogP contribution < -0.4 is 0 Å². The van der Waals surface area contributed by atoms with Gasteiger partial charge in [-0.2, -0.15) is 0 Å². The molecule has 0 atom stereocenters. The second-order valence-electron chi connectivity index (χ2n) is 4.12. The first-order valence-corrected chi connectivity index (χ1v) is 9.44. The summed E-state index contributed by atoms with van der Waals surface area (Å²) < 4.78 is 0. The summed E-state index contributed by atoms with van der Waals surface area (Å²) in [4.78, 5) is 0. The summed E-state index contributed by atoms with van der Waals surface area (Å²) in [6.45, 7) is 4.41. The van der Waals surface area contributed by atoms with Gasteiger partial charge in [-0.1, -0.05) is 0 Å². The van der Waals surface area contributed by atoms with Gasteiger partial charge in [0.2, 0.25) is 0 Å². The van der Waals surface area contributed by atoms with Crippen molar-refractivity contribution in [3.63, 3.8) is 0 Å². The van der Waals surface area contributed by atoms with Crippen LogP contribution in [0.3, 0.4) is 0 Å². The number of hydrogen-bond donors (Lipinski definition) is 0. The molecule has 0 N–H and O–H groups in total. The summed E-state index contributed by atoms with van der Waals surface area (Å²) in [7, 11) is 0. The molecule has 1 heterocycles. The van der Waals surface area contributed by atoms with Crippen molar-refractivity contribution >= 4 is 20.6 Å². The summed E-state index contributed by atoms with van der Waals surface area (Å²) in [5.74, 6) is 4.88. The van der Waals surface area contributed by atoms with Crippen LogP contribution in [0.1, 0.15) is 19.4 Å². The Morgan fingerprint density at radius 3 is 2.07 bits per heavy atom. The van der Waals surface area contributed by atoms with Crippen LogP contribution in [0.15, 0.2) is 53.1 Å². The maximum atomic E-state index is 3.42. The molecule has 1 aliphatic rings. The Labute approximate surface area is 99.3 Å². The number of hydrogen-bond acceptors (Lipinski definition) is 0. The fourth-order valence-corrected chi connectivity index (χ4v) is 7.54. The Morgan fingerprint density at radius 1 is 1.00 bits per heavy atom. The van der Waals surface area contributed by atoms with Gasteiger partial charge in [0.1, 0.15) is 0 Å². The first-order valence-electron chi connectivity index (χ1n) is 5.11. The molecule has 1 aliphatic heterocycles. The molecule has 0 radical (unpaired) electrons. The van der Waals surface area contributed by atoms with Crippen molar-refractivity contribution in [1.82, 2.24) is 0 Å². The minimum absolute atomic E-state index is 1.10. The standard InChI is InChI=1S/C13H15PSe/c1-11-8-14(15,9-12(11)2)10-13-6-4-3-5-7-13/h3-9H,10H2,1-2H3. The quantitative estimate of drug-likeness (QED) is 0.565. The molecule has 1 aromatic carbocycles. The van der Waals surface area contributed by atoms with Crippen LogP contribution in [0.5, 0.6) is 0 Å². The van der Waals surface area contributed by atoms with Crippen LogP contribution in [-0.2, 0) is 6.16 Å². The average Bonchev–Trinajstić information content (AvgIpc) is 2.42. The Hall–Kier alpha value is -0.351. The Bertz CT molecular complexity index is 447. The zero-order valence-corrected chi connectivity index (χ0v) is 11.7. The third kappa shape index (κ3) is 2.61. The second kappa shape index (κ2) is 4.26. The molecule has 0 aliphatic carbocycles. The average molecular weight is 281 g/mol. The molecule has 0 nitrogen and oxygen atoms in total. The van der Waals surface area contributed by atoms with Crippen LogP contribution in [-0.4, -0.2) is 15.1 Å². The van der Waals surface area contributed by atoms with Crippen LogP contribution in [0.25, 0.3) is 0 Å². The minimum atomic E-state index is -1.10. The van der Waals surface area contributed by atoms with E-state index in [-0.39, 0.29) is 0 Å². The fraction of sp³-hybridized carbons (Fsp3) is 0.231. The second-order valence-corrected chi connectivity index (χ2v) is 10.9. The first kappa shape index (κ1) is 11.1. The van der Waals surface area contributed by atoms with Crippen molar-refractivity contribution in [2.24, 2.45) is 0 Å². The van der Waals surface area contributed by atoms with E-state index in [0.717, 1.165) is 6.16 Å². The van der Waals surface area contributed by atoms with Crippen LogP contribution in [0.4, 0.5) is 0 Å². The van der Waals surface area contributed by atoms with Crippen molar-refractivity contribution in [3.05, 3.63) is 58.7 Å². The van der Waals surface area contributed by atoms with Gasteiger partial charge in [-0.25, -0.2) is 0 Å². The van der Waals surface area contributed by atoms with Crippen LogP contribution in [0, 0.1) is 0 Å². The van der Waals surface area contributed by atoms with Crippen molar-refractivity contribution < 1.29 is 0 Å². The van der Waals surface area contributed by atoms with E-state index < -0.39 is 5.51 Å². The van der Waals surface area contributed by atoms with Gasteiger partial charge in [0.25, 0.3) is 0 Å². The van der Waals surface area contributed by atoms with E-state index in [1.54, 1.807) is 0 Å². The molecule has 15 heavy (non-hydrogen) atoms. The Kier molecular flexibility index (Phi) is 3.16. The molecule has 78 valence electrons. The van der Waals surface area contributed by atoms with E-state index in [1.807, 2.05) is 0 Å². The molecule has 0 saturated heterocycles. The molecular weight excluding hydrogens is 266 g/mol. The normalized spacial score (nSPS) is 18.5. The van der Waals surface area contributed by atoms with E-state index in [1.165, 1.54) is 16.7 Å². The monoisotopic (exact) mass is 282 g/mol. The number of rotatable bonds is 2. The predicted octanol–water partition coefficient (Wildman–Crippen LogP) is 4.11. The van der Waals surface area contributed by atoms with Crippen molar-refractivity contribution in [3.8, 4) is 0 Å². The molecule has 0 spiro atoms. The van der Waals surface area contributed by atoms with Gasteiger partial charge < -0.3 is 0 Å². The third-order valence-corrected chi connectivity index (χ3v) is 7.37. The molecule has 0 unspecified atom stereocenters. The molecular formula is C13H15PSe. The van der Waals surface area contributed by atoms with Crippen molar-refractivity contribution in [2.45, 2.75) is 20.0 Å². The molecule has 0 bridgehead atoms. The summed E-state index contributed by atoms with van der Waals surface area (Å²) >= 11 is 3.42. The molecule has 0 amide bonds. The van der Waals surface area contributed by atoms with E-state index in [0.29, 0.717) is 0 Å². The van der Waals surface area contributed by atoms with Crippen molar-refractivity contribution in [1.29, 1.82) is 0 Å². The van der Waals surface area contributed by atoms with E-state index in [9.17, 15) is 0 Å². The Morgan fingerprint density at radius 2 is 1.53 bits per heavy atom. The summed E-state index contributed by atoms with van der Waals surface area (Å²) in [6, 6.07) is 10.7. The number of benzene rings is 1.